The summed E-state index contributed by atoms with van der Waals surface area (Å²) in [6, 6.07) is 11.9. The average molecular weight is 384 g/mol. The van der Waals surface area contributed by atoms with Gasteiger partial charge in [-0.25, -0.2) is 13.3 Å². The monoisotopic (exact) mass is 384 g/mol. The SMILES string of the molecule is O=C(NCCc1csc2nc(-c3ccccc3F)nn12)c1cccc(F)c1. The summed E-state index contributed by atoms with van der Waals surface area (Å²) in [7, 11) is 0. The molecule has 0 unspecified atom stereocenters. The van der Waals surface area contributed by atoms with Crippen LogP contribution >= 0.6 is 11.3 Å². The number of halogens is 2. The molecule has 0 aliphatic rings. The fourth-order valence-electron chi connectivity index (χ4n) is 2.69. The Kier molecular flexibility index (Phi) is 4.64. The van der Waals surface area contributed by atoms with Crippen LogP contribution in [0.3, 0.4) is 0 Å². The lowest BCUT2D eigenvalue weighted by atomic mass is 10.2. The molecule has 2 aromatic carbocycles. The first-order valence-electron chi connectivity index (χ1n) is 8.23. The molecule has 2 heterocycles. The van der Waals surface area contributed by atoms with Crippen molar-refractivity contribution in [1.82, 2.24) is 19.9 Å². The second kappa shape index (κ2) is 7.24. The lowest BCUT2D eigenvalue weighted by molar-refractivity contribution is 0.0953. The first kappa shape index (κ1) is 17.3. The molecular formula is C19H14F2N4OS. The Hall–Kier alpha value is -3.13. The Bertz CT molecular complexity index is 1120. The van der Waals surface area contributed by atoms with Crippen molar-refractivity contribution in [1.29, 1.82) is 0 Å². The Morgan fingerprint density at radius 2 is 2.00 bits per heavy atom. The summed E-state index contributed by atoms with van der Waals surface area (Å²) in [4.78, 5) is 17.1. The van der Waals surface area contributed by atoms with E-state index in [1.54, 1.807) is 28.8 Å². The number of fused-ring (bicyclic) bond motifs is 1. The number of hydrogen-bond acceptors (Lipinski definition) is 4. The largest absolute Gasteiger partial charge is 0.352 e. The fourth-order valence-corrected chi connectivity index (χ4v) is 3.55. The van der Waals surface area contributed by atoms with E-state index in [4.69, 9.17) is 0 Å². The lowest BCUT2D eigenvalue weighted by Gasteiger charge is -2.04. The highest BCUT2D eigenvalue weighted by Crippen LogP contribution is 2.23. The maximum Gasteiger partial charge on any atom is 0.251 e. The molecule has 8 heteroatoms. The van der Waals surface area contributed by atoms with Crippen LogP contribution in [0.5, 0.6) is 0 Å². The van der Waals surface area contributed by atoms with Gasteiger partial charge in [0.25, 0.3) is 5.91 Å². The van der Waals surface area contributed by atoms with Crippen molar-refractivity contribution in [3.63, 3.8) is 0 Å². The van der Waals surface area contributed by atoms with Crippen LogP contribution in [0.4, 0.5) is 8.78 Å². The van der Waals surface area contributed by atoms with Gasteiger partial charge in [-0.3, -0.25) is 4.79 Å². The van der Waals surface area contributed by atoms with E-state index in [-0.39, 0.29) is 17.3 Å². The van der Waals surface area contributed by atoms with Crippen molar-refractivity contribution in [2.75, 3.05) is 6.54 Å². The molecule has 0 radical (unpaired) electrons. The minimum absolute atomic E-state index is 0.271. The van der Waals surface area contributed by atoms with Gasteiger partial charge in [-0.05, 0) is 30.3 Å². The van der Waals surface area contributed by atoms with Crippen molar-refractivity contribution in [3.05, 3.63) is 76.8 Å². The van der Waals surface area contributed by atoms with E-state index < -0.39 is 5.82 Å². The molecular weight excluding hydrogens is 370 g/mol. The summed E-state index contributed by atoms with van der Waals surface area (Å²) in [5.41, 5.74) is 1.47. The van der Waals surface area contributed by atoms with Gasteiger partial charge in [-0.2, -0.15) is 4.98 Å². The molecule has 0 atom stereocenters. The predicted molar refractivity (Wildman–Crippen MR) is 98.7 cm³/mol. The van der Waals surface area contributed by atoms with Gasteiger partial charge in [0.15, 0.2) is 5.82 Å². The molecule has 0 fully saturated rings. The van der Waals surface area contributed by atoms with Gasteiger partial charge in [0.2, 0.25) is 4.96 Å². The number of thiazole rings is 1. The van der Waals surface area contributed by atoms with Crippen LogP contribution in [0.1, 0.15) is 16.1 Å². The second-order valence-corrected chi connectivity index (χ2v) is 6.69. The van der Waals surface area contributed by atoms with Crippen LogP contribution in [-0.4, -0.2) is 27.0 Å². The van der Waals surface area contributed by atoms with Gasteiger partial charge in [-0.15, -0.1) is 16.4 Å². The van der Waals surface area contributed by atoms with Gasteiger partial charge in [0.1, 0.15) is 11.6 Å². The van der Waals surface area contributed by atoms with E-state index in [0.29, 0.717) is 29.3 Å². The summed E-state index contributed by atoms with van der Waals surface area (Å²) in [5, 5.41) is 9.04. The zero-order valence-corrected chi connectivity index (χ0v) is 14.8. The number of benzene rings is 2. The number of carbonyl (C=O) groups excluding carboxylic acids is 1. The highest BCUT2D eigenvalue weighted by molar-refractivity contribution is 7.15. The molecule has 0 saturated carbocycles. The zero-order valence-electron chi connectivity index (χ0n) is 14.0. The third kappa shape index (κ3) is 3.56. The molecule has 136 valence electrons. The summed E-state index contributed by atoms with van der Waals surface area (Å²) in [6.45, 7) is 0.357. The molecule has 1 amide bonds. The second-order valence-electron chi connectivity index (χ2n) is 5.85. The minimum Gasteiger partial charge on any atom is -0.352 e. The number of rotatable bonds is 5. The van der Waals surface area contributed by atoms with Crippen LogP contribution in [0.15, 0.2) is 53.9 Å². The van der Waals surface area contributed by atoms with Crippen LogP contribution in [0, 0.1) is 11.6 Å². The summed E-state index contributed by atoms with van der Waals surface area (Å²) in [6.07, 6.45) is 0.515. The lowest BCUT2D eigenvalue weighted by Crippen LogP contribution is -2.26. The molecule has 1 N–H and O–H groups in total. The van der Waals surface area contributed by atoms with E-state index in [9.17, 15) is 13.6 Å². The first-order valence-corrected chi connectivity index (χ1v) is 9.11. The molecule has 27 heavy (non-hydrogen) atoms. The van der Waals surface area contributed by atoms with Crippen molar-refractivity contribution < 1.29 is 13.6 Å². The molecule has 2 aromatic heterocycles. The number of nitrogens with one attached hydrogen (secondary N) is 1. The molecule has 0 aliphatic carbocycles. The molecule has 0 spiro atoms. The van der Waals surface area contributed by atoms with E-state index >= 15 is 0 Å². The quantitative estimate of drug-likeness (QED) is 0.571. The number of amides is 1. The fraction of sp³-hybridized carbons (Fsp3) is 0.105. The molecule has 0 aliphatic heterocycles. The van der Waals surface area contributed by atoms with E-state index in [0.717, 1.165) is 5.69 Å². The van der Waals surface area contributed by atoms with Crippen LogP contribution in [-0.2, 0) is 6.42 Å². The predicted octanol–water partition coefficient (Wildman–Crippen LogP) is 3.71. The first-order chi connectivity index (χ1) is 13.1. The van der Waals surface area contributed by atoms with Crippen LogP contribution in [0.2, 0.25) is 0 Å². The van der Waals surface area contributed by atoms with E-state index in [1.165, 1.54) is 35.6 Å². The molecule has 5 nitrogen and oxygen atoms in total. The average Bonchev–Trinajstić information content (AvgIpc) is 3.23. The molecule has 4 rings (SSSR count). The van der Waals surface area contributed by atoms with Gasteiger partial charge < -0.3 is 5.32 Å². The summed E-state index contributed by atoms with van der Waals surface area (Å²) in [5.74, 6) is -0.846. The maximum absolute atomic E-state index is 13.9. The Balaban J connectivity index is 1.47. The standard InChI is InChI=1S/C19H14F2N4OS/c20-13-5-3-4-12(10-13)18(26)22-9-8-14-11-27-19-23-17(24-25(14)19)15-6-1-2-7-16(15)21/h1-7,10-11H,8-9H2,(H,22,26). The minimum atomic E-state index is -0.453. The Morgan fingerprint density at radius 1 is 1.15 bits per heavy atom. The van der Waals surface area contributed by atoms with E-state index in [1.807, 2.05) is 5.38 Å². The normalized spacial score (nSPS) is 11.0. The number of aromatic nitrogens is 3. The highest BCUT2D eigenvalue weighted by Gasteiger charge is 2.14. The Morgan fingerprint density at radius 3 is 2.81 bits per heavy atom. The molecule has 4 aromatic rings. The van der Waals surface area contributed by atoms with Crippen molar-refractivity contribution >= 4 is 22.2 Å². The van der Waals surface area contributed by atoms with Crippen molar-refractivity contribution in [3.8, 4) is 11.4 Å². The van der Waals surface area contributed by atoms with Gasteiger partial charge in [-0.1, -0.05) is 18.2 Å². The van der Waals surface area contributed by atoms with Crippen molar-refractivity contribution in [2.45, 2.75) is 6.42 Å². The van der Waals surface area contributed by atoms with Crippen LogP contribution < -0.4 is 5.32 Å². The van der Waals surface area contributed by atoms with Crippen LogP contribution in [0.25, 0.3) is 16.3 Å². The van der Waals surface area contributed by atoms with Gasteiger partial charge in [0, 0.05) is 23.9 Å². The van der Waals surface area contributed by atoms with Gasteiger partial charge in [0.05, 0.1) is 11.3 Å². The highest BCUT2D eigenvalue weighted by atomic mass is 32.1. The maximum atomic E-state index is 13.9. The van der Waals surface area contributed by atoms with Crippen molar-refractivity contribution in [2.24, 2.45) is 0 Å². The molecule has 0 bridgehead atoms. The third-order valence-electron chi connectivity index (χ3n) is 4.02. The number of nitrogens with zero attached hydrogens (tertiary/aromatic N) is 3. The zero-order chi connectivity index (χ0) is 18.8. The topological polar surface area (TPSA) is 59.3 Å². The number of hydrogen-bond donors (Lipinski definition) is 1. The smallest absolute Gasteiger partial charge is 0.251 e. The van der Waals surface area contributed by atoms with Gasteiger partial charge >= 0.3 is 0 Å². The summed E-state index contributed by atoms with van der Waals surface area (Å²) < 4.78 is 28.8. The van der Waals surface area contributed by atoms with E-state index in [2.05, 4.69) is 15.4 Å². The Labute approximate surface area is 157 Å². The third-order valence-corrected chi connectivity index (χ3v) is 4.88. The molecule has 0 saturated heterocycles. The number of carbonyl (C=O) groups is 1. The summed E-state index contributed by atoms with van der Waals surface area (Å²) >= 11 is 1.40.